The van der Waals surface area contributed by atoms with Crippen LogP contribution in [0.2, 0.25) is 5.02 Å². The molecule has 0 bridgehead atoms. The summed E-state index contributed by atoms with van der Waals surface area (Å²) in [6.07, 6.45) is 4.03. The average Bonchev–Trinajstić information content (AvgIpc) is 2.79. The molecule has 0 aromatic heterocycles. The number of halogens is 1. The third-order valence-corrected chi connectivity index (χ3v) is 7.01. The van der Waals surface area contributed by atoms with E-state index in [-0.39, 0.29) is 22.9 Å². The van der Waals surface area contributed by atoms with Crippen LogP contribution in [0.5, 0.6) is 0 Å². The number of hydrogen-bond donors (Lipinski definition) is 1. The molecular weight excluding hydrogens is 450 g/mol. The number of hydrogen-bond acceptors (Lipinski definition) is 4. The van der Waals surface area contributed by atoms with Crippen LogP contribution in [0, 0.1) is 5.92 Å². The van der Waals surface area contributed by atoms with E-state index in [1.807, 2.05) is 45.0 Å². The van der Waals surface area contributed by atoms with Gasteiger partial charge in [0.15, 0.2) is 11.6 Å². The van der Waals surface area contributed by atoms with Crippen LogP contribution < -0.4 is 5.32 Å². The number of carbonyl (C=O) groups is 3. The maximum absolute atomic E-state index is 13.2. The monoisotopic (exact) mass is 479 g/mol. The van der Waals surface area contributed by atoms with Gasteiger partial charge in [0.05, 0.1) is 0 Å². The molecule has 2 aromatic rings. The van der Waals surface area contributed by atoms with Gasteiger partial charge in [-0.05, 0) is 76.1 Å². The first-order valence-electron chi connectivity index (χ1n) is 11.7. The Morgan fingerprint density at radius 2 is 1.74 bits per heavy atom. The van der Waals surface area contributed by atoms with E-state index in [9.17, 15) is 14.4 Å². The summed E-state index contributed by atoms with van der Waals surface area (Å²) < 4.78 is 5.44. The minimum atomic E-state index is -0.582. The summed E-state index contributed by atoms with van der Waals surface area (Å²) in [5, 5.41) is 3.59. The predicted molar refractivity (Wildman–Crippen MR) is 133 cm³/mol. The maximum Gasteiger partial charge on any atom is 0.407 e. The number of ether oxygens (including phenoxy) is 1. The second kappa shape index (κ2) is 9.38. The zero-order valence-corrected chi connectivity index (χ0v) is 20.6. The lowest BCUT2D eigenvalue weighted by Crippen LogP contribution is -2.45. The molecule has 6 heteroatoms. The average molecular weight is 480 g/mol. The van der Waals surface area contributed by atoms with E-state index >= 15 is 0 Å². The summed E-state index contributed by atoms with van der Waals surface area (Å²) in [4.78, 5) is 38.2. The third kappa shape index (κ3) is 5.10. The Hall–Kier alpha value is -2.92. The number of ketones is 2. The number of nitrogens with one attached hydrogen (secondary N) is 1. The summed E-state index contributed by atoms with van der Waals surface area (Å²) in [7, 11) is 0. The number of amides is 1. The molecule has 0 saturated heterocycles. The van der Waals surface area contributed by atoms with Crippen molar-refractivity contribution in [2.45, 2.75) is 57.5 Å². The lowest BCUT2D eigenvalue weighted by Gasteiger charge is -2.41. The zero-order valence-electron chi connectivity index (χ0n) is 19.8. The highest BCUT2D eigenvalue weighted by atomic mass is 35.5. The van der Waals surface area contributed by atoms with Gasteiger partial charge in [-0.1, -0.05) is 48.0 Å². The number of benzene rings is 2. The SMILES string of the molecule is CC(C)(C)OC(=O)NCC1(c2cccc(Cl)c2)CCC(C2=CC(=O)c3ccccc3C2=O)CC1. The fourth-order valence-electron chi connectivity index (χ4n) is 5.06. The number of fused-ring (bicyclic) bond motifs is 1. The topological polar surface area (TPSA) is 72.5 Å². The van der Waals surface area contributed by atoms with Crippen molar-refractivity contribution in [2.75, 3.05) is 6.54 Å². The molecule has 2 aliphatic rings. The second-order valence-corrected chi connectivity index (χ2v) is 10.7. The van der Waals surface area contributed by atoms with E-state index in [1.54, 1.807) is 24.3 Å². The van der Waals surface area contributed by atoms with Gasteiger partial charge in [0, 0.05) is 33.7 Å². The normalized spacial score (nSPS) is 22.6. The number of rotatable bonds is 4. The number of Topliss-reactive ketones (excluding diaryl/α,β-unsaturated/α-hetero) is 1. The van der Waals surface area contributed by atoms with Gasteiger partial charge in [0.25, 0.3) is 0 Å². The zero-order chi connectivity index (χ0) is 24.5. The molecule has 2 aliphatic carbocycles. The fourth-order valence-corrected chi connectivity index (χ4v) is 5.25. The molecule has 0 radical (unpaired) electrons. The fraction of sp³-hybridized carbons (Fsp3) is 0.393. The predicted octanol–water partition coefficient (Wildman–Crippen LogP) is 6.30. The highest BCUT2D eigenvalue weighted by Crippen LogP contribution is 2.45. The first kappa shape index (κ1) is 24.2. The minimum Gasteiger partial charge on any atom is -0.444 e. The van der Waals surface area contributed by atoms with Gasteiger partial charge in [0.2, 0.25) is 0 Å². The highest BCUT2D eigenvalue weighted by Gasteiger charge is 2.40. The molecule has 1 amide bonds. The van der Waals surface area contributed by atoms with Gasteiger partial charge in [-0.25, -0.2) is 4.79 Å². The molecule has 1 fully saturated rings. The Labute approximate surface area is 205 Å². The van der Waals surface area contributed by atoms with Crippen LogP contribution in [0.1, 0.15) is 72.7 Å². The molecule has 5 nitrogen and oxygen atoms in total. The largest absolute Gasteiger partial charge is 0.444 e. The van der Waals surface area contributed by atoms with Crippen molar-refractivity contribution < 1.29 is 19.1 Å². The molecule has 0 heterocycles. The van der Waals surface area contributed by atoms with Crippen molar-refractivity contribution in [1.82, 2.24) is 5.32 Å². The van der Waals surface area contributed by atoms with Gasteiger partial charge < -0.3 is 10.1 Å². The summed E-state index contributed by atoms with van der Waals surface area (Å²) >= 11 is 6.31. The molecule has 1 saturated carbocycles. The van der Waals surface area contributed by atoms with E-state index in [2.05, 4.69) is 5.32 Å². The van der Waals surface area contributed by atoms with E-state index in [1.165, 1.54) is 6.08 Å². The van der Waals surface area contributed by atoms with Gasteiger partial charge in [-0.15, -0.1) is 0 Å². The standard InChI is InChI=1S/C28H30ClNO4/c1-27(2,3)34-26(33)30-17-28(19-7-6-8-20(29)15-19)13-11-18(12-14-28)23-16-24(31)21-9-4-5-10-22(21)25(23)32/h4-10,15-16,18H,11-14,17H2,1-3H3,(H,30,33). The van der Waals surface area contributed by atoms with Gasteiger partial charge in [-0.2, -0.15) is 0 Å². The third-order valence-electron chi connectivity index (χ3n) is 6.78. The Morgan fingerprint density at radius 3 is 2.38 bits per heavy atom. The van der Waals surface area contributed by atoms with Crippen LogP contribution in [0.4, 0.5) is 4.79 Å². The lowest BCUT2D eigenvalue weighted by molar-refractivity contribution is 0.0505. The maximum atomic E-state index is 13.2. The van der Waals surface area contributed by atoms with E-state index < -0.39 is 11.7 Å². The van der Waals surface area contributed by atoms with Gasteiger partial charge in [-0.3, -0.25) is 9.59 Å². The summed E-state index contributed by atoms with van der Waals surface area (Å²) in [5.74, 6) is -0.163. The first-order valence-corrected chi connectivity index (χ1v) is 12.1. The van der Waals surface area contributed by atoms with Crippen molar-refractivity contribution in [1.29, 1.82) is 0 Å². The van der Waals surface area contributed by atoms with Crippen LogP contribution >= 0.6 is 11.6 Å². The lowest BCUT2D eigenvalue weighted by atomic mass is 9.64. The molecule has 0 atom stereocenters. The second-order valence-electron chi connectivity index (χ2n) is 10.3. The summed E-state index contributed by atoms with van der Waals surface area (Å²) in [6.45, 7) is 5.90. The van der Waals surface area contributed by atoms with Gasteiger partial charge in [0.1, 0.15) is 5.60 Å². The number of allylic oxidation sites excluding steroid dienone is 2. The Morgan fingerprint density at radius 1 is 1.06 bits per heavy atom. The quantitative estimate of drug-likeness (QED) is 0.558. The van der Waals surface area contributed by atoms with E-state index in [0.717, 1.165) is 31.2 Å². The first-order chi connectivity index (χ1) is 16.1. The van der Waals surface area contributed by atoms with Crippen molar-refractivity contribution in [3.05, 3.63) is 81.9 Å². The Kier molecular flexibility index (Phi) is 6.68. The van der Waals surface area contributed by atoms with Crippen LogP contribution in [0.3, 0.4) is 0 Å². The molecule has 0 spiro atoms. The Balaban J connectivity index is 1.54. The van der Waals surface area contributed by atoms with Crippen LogP contribution in [0.15, 0.2) is 60.2 Å². The van der Waals surface area contributed by atoms with Gasteiger partial charge >= 0.3 is 6.09 Å². The molecule has 1 N–H and O–H groups in total. The number of alkyl carbamates (subject to hydrolysis) is 1. The van der Waals surface area contributed by atoms with Crippen LogP contribution in [0.25, 0.3) is 0 Å². The van der Waals surface area contributed by atoms with Crippen molar-refractivity contribution in [2.24, 2.45) is 5.92 Å². The minimum absolute atomic E-state index is 0.00126. The van der Waals surface area contributed by atoms with Crippen molar-refractivity contribution in [3.8, 4) is 0 Å². The summed E-state index contributed by atoms with van der Waals surface area (Å²) in [5.41, 5.74) is 1.70. The van der Waals surface area contributed by atoms with Crippen LogP contribution in [-0.2, 0) is 10.2 Å². The van der Waals surface area contributed by atoms with Crippen molar-refractivity contribution in [3.63, 3.8) is 0 Å². The highest BCUT2D eigenvalue weighted by molar-refractivity contribution is 6.30. The molecule has 0 unspecified atom stereocenters. The molecule has 34 heavy (non-hydrogen) atoms. The van der Waals surface area contributed by atoms with Crippen molar-refractivity contribution >= 4 is 29.3 Å². The van der Waals surface area contributed by atoms with E-state index in [4.69, 9.17) is 16.3 Å². The smallest absolute Gasteiger partial charge is 0.407 e. The molecular formula is C28H30ClNO4. The number of carbonyl (C=O) groups excluding carboxylic acids is 3. The molecule has 2 aromatic carbocycles. The molecule has 4 rings (SSSR count). The summed E-state index contributed by atoms with van der Waals surface area (Å²) in [6, 6.07) is 14.7. The Bertz CT molecular complexity index is 1150. The van der Waals surface area contributed by atoms with Crippen LogP contribution in [-0.4, -0.2) is 29.8 Å². The molecule has 178 valence electrons. The molecule has 0 aliphatic heterocycles. The van der Waals surface area contributed by atoms with E-state index in [0.29, 0.717) is 28.3 Å².